The molecule has 22 heavy (non-hydrogen) atoms. The fraction of sp³-hybridized carbons (Fsp3) is 0.611. The first kappa shape index (κ1) is 16.8. The Morgan fingerprint density at radius 1 is 1.36 bits per heavy atom. The number of rotatable bonds is 5. The minimum absolute atomic E-state index is 0.0597. The van der Waals surface area contributed by atoms with Crippen molar-refractivity contribution in [3.63, 3.8) is 0 Å². The van der Waals surface area contributed by atoms with Crippen molar-refractivity contribution in [3.05, 3.63) is 35.4 Å². The maximum Gasteiger partial charge on any atom is 0.317 e. The van der Waals surface area contributed by atoms with E-state index in [-0.39, 0.29) is 12.1 Å². The van der Waals surface area contributed by atoms with Gasteiger partial charge in [-0.2, -0.15) is 0 Å². The number of nitrogens with zero attached hydrogens (tertiary/aromatic N) is 1. The second-order valence-corrected chi connectivity index (χ2v) is 6.05. The Hall–Kier alpha value is -1.55. The zero-order valence-electron chi connectivity index (χ0n) is 13.8. The number of nitrogens with one attached hydrogen (secondary N) is 1. The fourth-order valence-corrected chi connectivity index (χ4v) is 3.09. The Morgan fingerprint density at radius 2 is 2.23 bits per heavy atom. The molecule has 4 nitrogen and oxygen atoms in total. The summed E-state index contributed by atoms with van der Waals surface area (Å²) >= 11 is 0. The molecular weight excluding hydrogens is 276 g/mol. The van der Waals surface area contributed by atoms with Crippen molar-refractivity contribution in [2.75, 3.05) is 26.8 Å². The summed E-state index contributed by atoms with van der Waals surface area (Å²) in [6.07, 6.45) is 5.38. The molecule has 0 saturated carbocycles. The molecule has 2 rings (SSSR count). The summed E-state index contributed by atoms with van der Waals surface area (Å²) in [6.45, 7) is 4.30. The lowest BCUT2D eigenvalue weighted by molar-refractivity contribution is 0.170. The third kappa shape index (κ3) is 4.73. The first-order valence-corrected chi connectivity index (χ1v) is 8.32. The first-order valence-electron chi connectivity index (χ1n) is 8.32. The number of hydrogen-bond acceptors (Lipinski definition) is 2. The van der Waals surface area contributed by atoms with Crippen molar-refractivity contribution in [1.82, 2.24) is 10.2 Å². The molecule has 0 unspecified atom stereocenters. The SMILES string of the molecule is COCCCNC(=O)N1CCCCC[C@H]1c1cccc(C)c1. The highest BCUT2D eigenvalue weighted by Gasteiger charge is 2.26. The van der Waals surface area contributed by atoms with Crippen LogP contribution in [0.5, 0.6) is 0 Å². The first-order chi connectivity index (χ1) is 10.7. The lowest BCUT2D eigenvalue weighted by Gasteiger charge is -2.30. The van der Waals surface area contributed by atoms with Crippen molar-refractivity contribution in [2.45, 2.75) is 45.1 Å². The predicted octanol–water partition coefficient (Wildman–Crippen LogP) is 3.66. The normalized spacial score (nSPS) is 18.8. The maximum atomic E-state index is 12.6. The van der Waals surface area contributed by atoms with Crippen LogP contribution in [0.1, 0.15) is 49.3 Å². The van der Waals surface area contributed by atoms with Gasteiger partial charge in [-0.25, -0.2) is 4.79 Å². The third-order valence-corrected chi connectivity index (χ3v) is 4.24. The number of benzene rings is 1. The van der Waals surface area contributed by atoms with Crippen molar-refractivity contribution in [1.29, 1.82) is 0 Å². The summed E-state index contributed by atoms with van der Waals surface area (Å²) in [4.78, 5) is 14.6. The summed E-state index contributed by atoms with van der Waals surface area (Å²) in [7, 11) is 1.68. The Balaban J connectivity index is 2.05. The lowest BCUT2D eigenvalue weighted by atomic mass is 9.99. The minimum Gasteiger partial charge on any atom is -0.385 e. The van der Waals surface area contributed by atoms with Crippen LogP contribution >= 0.6 is 0 Å². The summed E-state index contributed by atoms with van der Waals surface area (Å²) in [6, 6.07) is 8.81. The van der Waals surface area contributed by atoms with E-state index in [0.29, 0.717) is 13.2 Å². The summed E-state index contributed by atoms with van der Waals surface area (Å²) in [5, 5.41) is 3.04. The van der Waals surface area contributed by atoms with E-state index in [1.807, 2.05) is 4.90 Å². The van der Waals surface area contributed by atoms with Gasteiger partial charge in [0.15, 0.2) is 0 Å². The van der Waals surface area contributed by atoms with Gasteiger partial charge >= 0.3 is 6.03 Å². The number of likely N-dealkylation sites (tertiary alicyclic amines) is 1. The molecule has 0 radical (unpaired) electrons. The molecule has 0 bridgehead atoms. The van der Waals surface area contributed by atoms with Crippen molar-refractivity contribution in [3.8, 4) is 0 Å². The average Bonchev–Trinajstić information content (AvgIpc) is 2.77. The van der Waals surface area contributed by atoms with E-state index in [1.54, 1.807) is 7.11 Å². The van der Waals surface area contributed by atoms with Crippen LogP contribution < -0.4 is 5.32 Å². The molecule has 1 aromatic carbocycles. The highest BCUT2D eigenvalue weighted by Crippen LogP contribution is 2.30. The molecule has 1 atom stereocenters. The van der Waals surface area contributed by atoms with Gasteiger partial charge in [0.25, 0.3) is 0 Å². The van der Waals surface area contributed by atoms with Crippen LogP contribution in [0.3, 0.4) is 0 Å². The van der Waals surface area contributed by atoms with E-state index in [2.05, 4.69) is 36.5 Å². The molecular formula is C18H28N2O2. The Bertz CT molecular complexity index is 476. The van der Waals surface area contributed by atoms with Crippen LogP contribution in [-0.4, -0.2) is 37.7 Å². The van der Waals surface area contributed by atoms with E-state index in [1.165, 1.54) is 24.0 Å². The van der Waals surface area contributed by atoms with E-state index >= 15 is 0 Å². The maximum absolute atomic E-state index is 12.6. The van der Waals surface area contributed by atoms with Crippen LogP contribution in [-0.2, 0) is 4.74 Å². The fourth-order valence-electron chi connectivity index (χ4n) is 3.09. The number of carbonyl (C=O) groups is 1. The van der Waals surface area contributed by atoms with E-state index in [0.717, 1.165) is 25.8 Å². The second-order valence-electron chi connectivity index (χ2n) is 6.05. The monoisotopic (exact) mass is 304 g/mol. The Labute approximate surface area is 133 Å². The largest absolute Gasteiger partial charge is 0.385 e. The smallest absolute Gasteiger partial charge is 0.317 e. The number of urea groups is 1. The van der Waals surface area contributed by atoms with Gasteiger partial charge in [-0.3, -0.25) is 0 Å². The Morgan fingerprint density at radius 3 is 3.00 bits per heavy atom. The summed E-state index contributed by atoms with van der Waals surface area (Å²) < 4.78 is 5.03. The van der Waals surface area contributed by atoms with Crippen LogP contribution in [0.25, 0.3) is 0 Å². The molecule has 1 saturated heterocycles. The molecule has 1 heterocycles. The van der Waals surface area contributed by atoms with E-state index in [9.17, 15) is 4.79 Å². The quantitative estimate of drug-likeness (QED) is 0.844. The molecule has 1 aliphatic heterocycles. The minimum atomic E-state index is 0.0597. The third-order valence-electron chi connectivity index (χ3n) is 4.24. The van der Waals surface area contributed by atoms with Gasteiger partial charge in [-0.1, -0.05) is 42.7 Å². The van der Waals surface area contributed by atoms with Gasteiger partial charge in [-0.15, -0.1) is 0 Å². The number of ether oxygens (including phenoxy) is 1. The molecule has 1 fully saturated rings. The average molecular weight is 304 g/mol. The van der Waals surface area contributed by atoms with Gasteiger partial charge in [-0.05, 0) is 31.7 Å². The van der Waals surface area contributed by atoms with Gasteiger partial charge in [0.1, 0.15) is 0 Å². The molecule has 1 aromatic rings. The van der Waals surface area contributed by atoms with Gasteiger partial charge in [0, 0.05) is 26.8 Å². The number of amides is 2. The summed E-state index contributed by atoms with van der Waals surface area (Å²) in [5.41, 5.74) is 2.51. The molecule has 2 amide bonds. The molecule has 1 N–H and O–H groups in total. The van der Waals surface area contributed by atoms with Crippen molar-refractivity contribution in [2.24, 2.45) is 0 Å². The van der Waals surface area contributed by atoms with Crippen LogP contribution in [0.15, 0.2) is 24.3 Å². The van der Waals surface area contributed by atoms with Crippen molar-refractivity contribution >= 4 is 6.03 Å². The highest BCUT2D eigenvalue weighted by atomic mass is 16.5. The van der Waals surface area contributed by atoms with Crippen LogP contribution in [0.2, 0.25) is 0 Å². The Kier molecular flexibility index (Phi) is 6.72. The molecule has 122 valence electrons. The van der Waals surface area contributed by atoms with Crippen molar-refractivity contribution < 1.29 is 9.53 Å². The number of hydrogen-bond donors (Lipinski definition) is 1. The molecule has 1 aliphatic rings. The van der Waals surface area contributed by atoms with Gasteiger partial charge in [0.05, 0.1) is 6.04 Å². The molecule has 0 spiro atoms. The molecule has 0 aromatic heterocycles. The zero-order valence-corrected chi connectivity index (χ0v) is 13.8. The van der Waals surface area contributed by atoms with Gasteiger partial charge < -0.3 is 15.0 Å². The van der Waals surface area contributed by atoms with E-state index in [4.69, 9.17) is 4.74 Å². The van der Waals surface area contributed by atoms with Crippen LogP contribution in [0, 0.1) is 6.92 Å². The standard InChI is InChI=1S/C18H28N2O2/c1-15-8-6-9-16(14-15)17-10-4-3-5-12-20(17)18(21)19-11-7-13-22-2/h6,8-9,14,17H,3-5,7,10-13H2,1-2H3,(H,19,21)/t17-/m0/s1. The lowest BCUT2D eigenvalue weighted by Crippen LogP contribution is -2.42. The summed E-state index contributed by atoms with van der Waals surface area (Å²) in [5.74, 6) is 0. The van der Waals surface area contributed by atoms with E-state index < -0.39 is 0 Å². The molecule has 0 aliphatic carbocycles. The second kappa shape index (κ2) is 8.79. The zero-order chi connectivity index (χ0) is 15.8. The van der Waals surface area contributed by atoms with Gasteiger partial charge in [0.2, 0.25) is 0 Å². The number of methoxy groups -OCH3 is 1. The highest BCUT2D eigenvalue weighted by molar-refractivity contribution is 5.74. The molecule has 4 heteroatoms. The topological polar surface area (TPSA) is 41.6 Å². The number of aryl methyl sites for hydroxylation is 1. The predicted molar refractivity (Wildman–Crippen MR) is 89.0 cm³/mol. The van der Waals surface area contributed by atoms with Crippen LogP contribution in [0.4, 0.5) is 4.79 Å². The number of carbonyl (C=O) groups excluding carboxylic acids is 1.